The Morgan fingerprint density at radius 1 is 1.05 bits per heavy atom. The Bertz CT molecular complexity index is 717. The van der Waals surface area contributed by atoms with Crippen molar-refractivity contribution in [3.63, 3.8) is 0 Å². The standard InChI is InChI=1S/C19H20N2O/c1-2-6-14(7-3-1)19-17(10-11-20-19)21-13-16-12-15-8-4-5-9-18(15)22-16/h1-9,12,17,19-21H,10-11,13H2/t17-,19-/m0/s1. The van der Waals surface area contributed by atoms with E-state index in [1.165, 1.54) is 10.9 Å². The van der Waals surface area contributed by atoms with E-state index in [4.69, 9.17) is 4.42 Å². The van der Waals surface area contributed by atoms with Crippen LogP contribution in [0.1, 0.15) is 23.8 Å². The fourth-order valence-corrected chi connectivity index (χ4v) is 3.29. The van der Waals surface area contributed by atoms with Crippen molar-refractivity contribution in [3.8, 4) is 0 Å². The third kappa shape index (κ3) is 2.65. The van der Waals surface area contributed by atoms with Gasteiger partial charge in [0.1, 0.15) is 11.3 Å². The van der Waals surface area contributed by atoms with Crippen LogP contribution in [-0.4, -0.2) is 12.6 Å². The minimum atomic E-state index is 0.380. The number of hydrogen-bond acceptors (Lipinski definition) is 3. The molecule has 0 bridgehead atoms. The molecule has 1 aliphatic heterocycles. The van der Waals surface area contributed by atoms with Gasteiger partial charge < -0.3 is 15.1 Å². The molecule has 1 aliphatic rings. The Morgan fingerprint density at radius 2 is 1.86 bits per heavy atom. The summed E-state index contributed by atoms with van der Waals surface area (Å²) in [6.45, 7) is 1.82. The van der Waals surface area contributed by atoms with Gasteiger partial charge in [0.15, 0.2) is 0 Å². The van der Waals surface area contributed by atoms with Gasteiger partial charge in [-0.05, 0) is 30.7 Å². The summed E-state index contributed by atoms with van der Waals surface area (Å²) in [5.41, 5.74) is 2.31. The lowest BCUT2D eigenvalue weighted by Crippen LogP contribution is -2.33. The van der Waals surface area contributed by atoms with Gasteiger partial charge in [0.05, 0.1) is 6.54 Å². The Hall–Kier alpha value is -2.10. The molecule has 0 saturated carbocycles. The number of para-hydroxylation sites is 1. The Kier molecular flexibility index (Phi) is 3.67. The van der Waals surface area contributed by atoms with Crippen molar-refractivity contribution in [1.29, 1.82) is 0 Å². The van der Waals surface area contributed by atoms with E-state index in [1.54, 1.807) is 0 Å². The molecule has 3 aromatic rings. The first-order valence-electron chi connectivity index (χ1n) is 7.89. The molecule has 2 heterocycles. The van der Waals surface area contributed by atoms with E-state index in [9.17, 15) is 0 Å². The first-order chi connectivity index (χ1) is 10.9. The van der Waals surface area contributed by atoms with Crippen LogP contribution in [0.3, 0.4) is 0 Å². The highest BCUT2D eigenvalue weighted by molar-refractivity contribution is 5.77. The topological polar surface area (TPSA) is 37.2 Å². The maximum absolute atomic E-state index is 5.89. The van der Waals surface area contributed by atoms with Crippen molar-refractivity contribution >= 4 is 11.0 Å². The highest BCUT2D eigenvalue weighted by atomic mass is 16.3. The third-order valence-electron chi connectivity index (χ3n) is 4.40. The minimum Gasteiger partial charge on any atom is -0.460 e. The smallest absolute Gasteiger partial charge is 0.134 e. The monoisotopic (exact) mass is 292 g/mol. The molecule has 22 heavy (non-hydrogen) atoms. The van der Waals surface area contributed by atoms with Gasteiger partial charge in [-0.25, -0.2) is 0 Å². The molecule has 0 spiro atoms. The molecular weight excluding hydrogens is 272 g/mol. The number of hydrogen-bond donors (Lipinski definition) is 2. The second kappa shape index (κ2) is 5.95. The van der Waals surface area contributed by atoms with Crippen LogP contribution in [0.25, 0.3) is 11.0 Å². The summed E-state index contributed by atoms with van der Waals surface area (Å²) in [5, 5.41) is 8.41. The highest BCUT2D eigenvalue weighted by Crippen LogP contribution is 2.24. The molecule has 2 N–H and O–H groups in total. The van der Waals surface area contributed by atoms with Crippen molar-refractivity contribution in [3.05, 3.63) is 72.0 Å². The molecule has 0 aliphatic carbocycles. The van der Waals surface area contributed by atoms with Crippen molar-refractivity contribution in [2.24, 2.45) is 0 Å². The molecule has 0 unspecified atom stereocenters. The van der Waals surface area contributed by atoms with Crippen LogP contribution in [0.5, 0.6) is 0 Å². The number of rotatable bonds is 4. The molecular formula is C19H20N2O. The lowest BCUT2D eigenvalue weighted by Gasteiger charge is -2.20. The van der Waals surface area contributed by atoms with E-state index in [2.05, 4.69) is 53.1 Å². The first kappa shape index (κ1) is 13.6. The molecule has 1 fully saturated rings. The quantitative estimate of drug-likeness (QED) is 0.771. The van der Waals surface area contributed by atoms with Gasteiger partial charge in [0.2, 0.25) is 0 Å². The van der Waals surface area contributed by atoms with E-state index in [1.807, 2.05) is 18.2 Å². The highest BCUT2D eigenvalue weighted by Gasteiger charge is 2.27. The van der Waals surface area contributed by atoms with Gasteiger partial charge in [0.25, 0.3) is 0 Å². The molecule has 3 nitrogen and oxygen atoms in total. The van der Waals surface area contributed by atoms with Crippen molar-refractivity contribution in [2.45, 2.75) is 25.0 Å². The van der Waals surface area contributed by atoms with E-state index < -0.39 is 0 Å². The molecule has 4 rings (SSSR count). The predicted octanol–water partition coefficient (Wildman–Crippen LogP) is 3.63. The summed E-state index contributed by atoms with van der Waals surface area (Å²) in [7, 11) is 0. The van der Waals surface area contributed by atoms with Crippen molar-refractivity contribution in [1.82, 2.24) is 10.6 Å². The summed E-state index contributed by atoms with van der Waals surface area (Å²) in [4.78, 5) is 0. The fourth-order valence-electron chi connectivity index (χ4n) is 3.29. The molecule has 2 aromatic carbocycles. The van der Waals surface area contributed by atoms with E-state index in [-0.39, 0.29) is 0 Å². The summed E-state index contributed by atoms with van der Waals surface area (Å²) >= 11 is 0. The number of benzene rings is 2. The summed E-state index contributed by atoms with van der Waals surface area (Å²) in [6, 6.07) is 21.8. The first-order valence-corrected chi connectivity index (χ1v) is 7.89. The second-order valence-electron chi connectivity index (χ2n) is 5.87. The molecule has 1 saturated heterocycles. The molecule has 1 aromatic heterocycles. The van der Waals surface area contributed by atoms with Crippen LogP contribution in [0, 0.1) is 0 Å². The van der Waals surface area contributed by atoms with Crippen LogP contribution in [0.15, 0.2) is 65.1 Å². The van der Waals surface area contributed by atoms with E-state index in [0.717, 1.165) is 30.9 Å². The van der Waals surface area contributed by atoms with Gasteiger partial charge in [-0.15, -0.1) is 0 Å². The Labute approximate surface area is 130 Å². The van der Waals surface area contributed by atoms with E-state index in [0.29, 0.717) is 12.1 Å². The molecule has 2 atom stereocenters. The van der Waals surface area contributed by atoms with Crippen LogP contribution in [0.2, 0.25) is 0 Å². The van der Waals surface area contributed by atoms with Crippen molar-refractivity contribution in [2.75, 3.05) is 6.54 Å². The summed E-state index contributed by atoms with van der Waals surface area (Å²) in [5.74, 6) is 1.000. The average Bonchev–Trinajstić information content (AvgIpc) is 3.20. The molecule has 112 valence electrons. The van der Waals surface area contributed by atoms with Gasteiger partial charge in [-0.3, -0.25) is 0 Å². The molecule has 0 amide bonds. The zero-order valence-corrected chi connectivity index (χ0v) is 12.5. The van der Waals surface area contributed by atoms with Crippen LogP contribution < -0.4 is 10.6 Å². The van der Waals surface area contributed by atoms with E-state index >= 15 is 0 Å². The molecule has 3 heteroatoms. The van der Waals surface area contributed by atoms with Crippen LogP contribution in [-0.2, 0) is 6.54 Å². The molecule has 0 radical (unpaired) electrons. The van der Waals surface area contributed by atoms with Crippen LogP contribution >= 0.6 is 0 Å². The number of fused-ring (bicyclic) bond motifs is 1. The largest absolute Gasteiger partial charge is 0.460 e. The second-order valence-corrected chi connectivity index (χ2v) is 5.87. The van der Waals surface area contributed by atoms with Gasteiger partial charge in [-0.1, -0.05) is 48.5 Å². The lowest BCUT2D eigenvalue weighted by atomic mass is 10.0. The maximum atomic E-state index is 5.89. The lowest BCUT2D eigenvalue weighted by molar-refractivity contribution is 0.428. The van der Waals surface area contributed by atoms with Crippen LogP contribution in [0.4, 0.5) is 0 Å². The number of furan rings is 1. The summed E-state index contributed by atoms with van der Waals surface area (Å²) in [6.07, 6.45) is 1.14. The minimum absolute atomic E-state index is 0.380. The number of nitrogens with one attached hydrogen (secondary N) is 2. The van der Waals surface area contributed by atoms with Gasteiger partial charge in [0, 0.05) is 17.5 Å². The van der Waals surface area contributed by atoms with Gasteiger partial charge >= 0.3 is 0 Å². The fraction of sp³-hybridized carbons (Fsp3) is 0.263. The Balaban J connectivity index is 1.46. The zero-order valence-electron chi connectivity index (χ0n) is 12.5. The van der Waals surface area contributed by atoms with Gasteiger partial charge in [-0.2, -0.15) is 0 Å². The predicted molar refractivity (Wildman–Crippen MR) is 88.6 cm³/mol. The zero-order chi connectivity index (χ0) is 14.8. The summed E-state index contributed by atoms with van der Waals surface area (Å²) < 4.78 is 5.89. The normalized spacial score (nSPS) is 21.5. The van der Waals surface area contributed by atoms with Crippen molar-refractivity contribution < 1.29 is 4.42 Å². The average molecular weight is 292 g/mol. The SMILES string of the molecule is c1ccc([C@@H]2NCC[C@@H]2NCc2cc3ccccc3o2)cc1. The Morgan fingerprint density at radius 3 is 2.73 bits per heavy atom. The maximum Gasteiger partial charge on any atom is 0.134 e. The third-order valence-corrected chi connectivity index (χ3v) is 4.40.